The first kappa shape index (κ1) is 22.3. The van der Waals surface area contributed by atoms with Gasteiger partial charge < -0.3 is 14.8 Å². The molecule has 1 atom stereocenters. The largest absolute Gasteiger partial charge is 0.346 e. The Morgan fingerprint density at radius 2 is 1.70 bits per heavy atom. The SMILES string of the molecule is CC(NC(=O)C1CCCCC1)c1nc2ccccc2n1CC(=O)N(C(C)C)C(C)C. The summed E-state index contributed by atoms with van der Waals surface area (Å²) < 4.78 is 1.97. The highest BCUT2D eigenvalue weighted by Gasteiger charge is 2.27. The van der Waals surface area contributed by atoms with Gasteiger partial charge in [-0.2, -0.15) is 0 Å². The number of nitrogens with zero attached hydrogens (tertiary/aromatic N) is 3. The van der Waals surface area contributed by atoms with Crippen LogP contribution in [0.3, 0.4) is 0 Å². The molecule has 2 aromatic rings. The summed E-state index contributed by atoms with van der Waals surface area (Å²) in [5, 5.41) is 3.17. The normalized spacial score (nSPS) is 16.2. The number of benzene rings is 1. The van der Waals surface area contributed by atoms with Gasteiger partial charge in [0, 0.05) is 18.0 Å². The molecule has 1 aromatic heterocycles. The molecule has 0 aliphatic heterocycles. The number of hydrogen-bond donors (Lipinski definition) is 1. The molecule has 1 aromatic carbocycles. The van der Waals surface area contributed by atoms with Crippen LogP contribution in [-0.2, 0) is 16.1 Å². The monoisotopic (exact) mass is 412 g/mol. The number of para-hydroxylation sites is 2. The van der Waals surface area contributed by atoms with Gasteiger partial charge >= 0.3 is 0 Å². The van der Waals surface area contributed by atoms with Gasteiger partial charge in [0.05, 0.1) is 17.1 Å². The van der Waals surface area contributed by atoms with Crippen LogP contribution < -0.4 is 5.32 Å². The Balaban J connectivity index is 1.87. The fourth-order valence-electron chi connectivity index (χ4n) is 4.74. The summed E-state index contributed by atoms with van der Waals surface area (Å²) in [5.74, 6) is 1.01. The minimum absolute atomic E-state index is 0.0650. The van der Waals surface area contributed by atoms with Crippen LogP contribution in [0.2, 0.25) is 0 Å². The molecule has 6 nitrogen and oxygen atoms in total. The second-order valence-electron chi connectivity index (χ2n) is 9.10. The molecule has 164 valence electrons. The molecule has 1 aliphatic carbocycles. The lowest BCUT2D eigenvalue weighted by atomic mass is 9.88. The van der Waals surface area contributed by atoms with Crippen LogP contribution in [0.15, 0.2) is 24.3 Å². The Labute approximate surface area is 180 Å². The molecule has 1 unspecified atom stereocenters. The molecule has 1 N–H and O–H groups in total. The topological polar surface area (TPSA) is 67.2 Å². The first-order valence-corrected chi connectivity index (χ1v) is 11.4. The summed E-state index contributed by atoms with van der Waals surface area (Å²) in [5.41, 5.74) is 1.77. The molecular weight excluding hydrogens is 376 g/mol. The summed E-state index contributed by atoms with van der Waals surface area (Å²) in [6.45, 7) is 10.3. The van der Waals surface area contributed by atoms with Gasteiger partial charge in [0.1, 0.15) is 12.4 Å². The molecule has 0 spiro atoms. The van der Waals surface area contributed by atoms with Crippen LogP contribution in [0.1, 0.15) is 78.6 Å². The number of aromatic nitrogens is 2. The highest BCUT2D eigenvalue weighted by Crippen LogP contribution is 2.26. The fourth-order valence-corrected chi connectivity index (χ4v) is 4.74. The number of fused-ring (bicyclic) bond motifs is 1. The number of rotatable bonds is 7. The second-order valence-corrected chi connectivity index (χ2v) is 9.10. The Morgan fingerprint density at radius 3 is 2.33 bits per heavy atom. The molecule has 1 heterocycles. The Morgan fingerprint density at radius 1 is 1.07 bits per heavy atom. The van der Waals surface area contributed by atoms with Crippen LogP contribution in [0.5, 0.6) is 0 Å². The molecule has 0 bridgehead atoms. The van der Waals surface area contributed by atoms with E-state index < -0.39 is 0 Å². The molecule has 6 heteroatoms. The predicted molar refractivity (Wildman–Crippen MR) is 120 cm³/mol. The third kappa shape index (κ3) is 4.85. The highest BCUT2D eigenvalue weighted by molar-refractivity contribution is 5.82. The van der Waals surface area contributed by atoms with Crippen molar-refractivity contribution in [2.24, 2.45) is 5.92 Å². The van der Waals surface area contributed by atoms with Crippen molar-refractivity contribution in [1.82, 2.24) is 19.8 Å². The van der Waals surface area contributed by atoms with Gasteiger partial charge in [-0.15, -0.1) is 0 Å². The predicted octanol–water partition coefficient (Wildman–Crippen LogP) is 4.44. The highest BCUT2D eigenvalue weighted by atomic mass is 16.2. The van der Waals surface area contributed by atoms with Gasteiger partial charge in [-0.25, -0.2) is 4.98 Å². The van der Waals surface area contributed by atoms with E-state index in [0.717, 1.165) is 42.5 Å². The van der Waals surface area contributed by atoms with Crippen LogP contribution >= 0.6 is 0 Å². The number of nitrogens with one attached hydrogen (secondary N) is 1. The lowest BCUT2D eigenvalue weighted by molar-refractivity contribution is -0.135. The zero-order valence-electron chi connectivity index (χ0n) is 19.0. The lowest BCUT2D eigenvalue weighted by Crippen LogP contribution is -2.44. The summed E-state index contributed by atoms with van der Waals surface area (Å²) in [7, 11) is 0. The minimum Gasteiger partial charge on any atom is -0.346 e. The Hall–Kier alpha value is -2.37. The zero-order valence-corrected chi connectivity index (χ0v) is 19.0. The molecular formula is C24H36N4O2. The standard InChI is InChI=1S/C24H36N4O2/c1-16(2)28(17(3)4)22(29)15-27-21-14-10-9-13-20(21)26-23(27)18(5)25-24(30)19-11-7-6-8-12-19/h9-10,13-14,16-19H,6-8,11-12,15H2,1-5H3,(H,25,30). The molecule has 0 radical (unpaired) electrons. The molecule has 3 rings (SSSR count). The number of imidazole rings is 1. The van der Waals surface area contributed by atoms with Gasteiger partial charge in [-0.3, -0.25) is 9.59 Å². The van der Waals surface area contributed by atoms with E-state index >= 15 is 0 Å². The van der Waals surface area contributed by atoms with E-state index in [1.54, 1.807) is 0 Å². The molecule has 1 fully saturated rings. The van der Waals surface area contributed by atoms with E-state index in [4.69, 9.17) is 4.98 Å². The van der Waals surface area contributed by atoms with Crippen molar-refractivity contribution in [3.63, 3.8) is 0 Å². The van der Waals surface area contributed by atoms with Crippen LogP contribution in [-0.4, -0.2) is 38.3 Å². The first-order chi connectivity index (χ1) is 14.3. The van der Waals surface area contributed by atoms with Gasteiger partial charge in [0.2, 0.25) is 11.8 Å². The van der Waals surface area contributed by atoms with Gasteiger partial charge in [-0.05, 0) is 59.6 Å². The zero-order chi connectivity index (χ0) is 21.8. The van der Waals surface area contributed by atoms with Gasteiger partial charge in [0.25, 0.3) is 0 Å². The second kappa shape index (κ2) is 9.63. The molecule has 30 heavy (non-hydrogen) atoms. The van der Waals surface area contributed by atoms with Crippen molar-refractivity contribution < 1.29 is 9.59 Å². The third-order valence-corrected chi connectivity index (χ3v) is 6.10. The van der Waals surface area contributed by atoms with E-state index in [1.807, 2.05) is 68.4 Å². The summed E-state index contributed by atoms with van der Waals surface area (Å²) >= 11 is 0. The molecule has 1 saturated carbocycles. The molecule has 0 saturated heterocycles. The lowest BCUT2D eigenvalue weighted by Gasteiger charge is -2.31. The maximum Gasteiger partial charge on any atom is 0.243 e. The van der Waals surface area contributed by atoms with E-state index in [1.165, 1.54) is 6.42 Å². The van der Waals surface area contributed by atoms with Crippen molar-refractivity contribution in [2.45, 2.75) is 91.4 Å². The fraction of sp³-hybridized carbons (Fsp3) is 0.625. The van der Waals surface area contributed by atoms with Crippen molar-refractivity contribution in [3.05, 3.63) is 30.1 Å². The average molecular weight is 413 g/mol. The van der Waals surface area contributed by atoms with Gasteiger partial charge in [0.15, 0.2) is 0 Å². The summed E-state index contributed by atoms with van der Waals surface area (Å²) in [6.07, 6.45) is 5.40. The molecule has 2 amide bonds. The maximum atomic E-state index is 13.2. The van der Waals surface area contributed by atoms with Gasteiger partial charge in [-0.1, -0.05) is 31.4 Å². The van der Waals surface area contributed by atoms with E-state index in [2.05, 4.69) is 5.32 Å². The number of carbonyl (C=O) groups excluding carboxylic acids is 2. The quantitative estimate of drug-likeness (QED) is 0.731. The van der Waals surface area contributed by atoms with Crippen LogP contribution in [0, 0.1) is 5.92 Å². The van der Waals surface area contributed by atoms with Crippen molar-refractivity contribution in [3.8, 4) is 0 Å². The average Bonchev–Trinajstić information content (AvgIpc) is 3.06. The summed E-state index contributed by atoms with van der Waals surface area (Å²) in [4.78, 5) is 32.7. The Bertz CT molecular complexity index is 872. The number of hydrogen-bond acceptors (Lipinski definition) is 3. The maximum absolute atomic E-state index is 13.2. The van der Waals surface area contributed by atoms with E-state index in [0.29, 0.717) is 0 Å². The summed E-state index contributed by atoms with van der Waals surface area (Å²) in [6, 6.07) is 7.85. The van der Waals surface area contributed by atoms with Crippen molar-refractivity contribution in [2.75, 3.05) is 0 Å². The van der Waals surface area contributed by atoms with Crippen LogP contribution in [0.4, 0.5) is 0 Å². The van der Waals surface area contributed by atoms with E-state index in [-0.39, 0.29) is 42.4 Å². The minimum atomic E-state index is -0.258. The molecule has 1 aliphatic rings. The first-order valence-electron chi connectivity index (χ1n) is 11.4. The van der Waals surface area contributed by atoms with Crippen molar-refractivity contribution >= 4 is 22.8 Å². The Kier molecular flexibility index (Phi) is 7.16. The third-order valence-electron chi connectivity index (χ3n) is 6.10. The van der Waals surface area contributed by atoms with Crippen LogP contribution in [0.25, 0.3) is 11.0 Å². The van der Waals surface area contributed by atoms with E-state index in [9.17, 15) is 9.59 Å². The number of amides is 2. The smallest absolute Gasteiger partial charge is 0.243 e. The van der Waals surface area contributed by atoms with Crippen molar-refractivity contribution in [1.29, 1.82) is 0 Å². The number of carbonyl (C=O) groups is 2.